The van der Waals surface area contributed by atoms with E-state index in [9.17, 15) is 0 Å². The average Bonchev–Trinajstić information content (AvgIpc) is 2.89. The van der Waals surface area contributed by atoms with E-state index in [1.54, 1.807) is 7.11 Å². The van der Waals surface area contributed by atoms with Crippen LogP contribution in [0.25, 0.3) is 0 Å². The molecule has 1 aromatic rings. The van der Waals surface area contributed by atoms with E-state index in [-0.39, 0.29) is 18.1 Å². The summed E-state index contributed by atoms with van der Waals surface area (Å²) in [5.41, 5.74) is 6.03. The van der Waals surface area contributed by atoms with Crippen LogP contribution in [-0.4, -0.2) is 17.3 Å². The molecule has 1 heterocycles. The molecule has 1 fully saturated rings. The molecule has 0 aromatic carbocycles. The molecule has 2 N–H and O–H groups in total. The second-order valence-corrected chi connectivity index (χ2v) is 5.82. The smallest absolute Gasteiger partial charge is 0.243 e. The summed E-state index contributed by atoms with van der Waals surface area (Å²) < 4.78 is 10.9. The predicted octanol–water partition coefficient (Wildman–Crippen LogP) is 2.99. The summed E-state index contributed by atoms with van der Waals surface area (Å²) in [5, 5.41) is 4.07. The monoisotopic (exact) mass is 267 g/mol. The molecule has 1 saturated carbocycles. The molecule has 0 spiro atoms. The summed E-state index contributed by atoms with van der Waals surface area (Å²) in [6, 6.07) is -0.204. The van der Waals surface area contributed by atoms with Gasteiger partial charge in [0.15, 0.2) is 0 Å². The minimum absolute atomic E-state index is 0.0582. The van der Waals surface area contributed by atoms with Crippen LogP contribution >= 0.6 is 0 Å². The molecule has 0 bridgehead atoms. The van der Waals surface area contributed by atoms with Gasteiger partial charge in [0.05, 0.1) is 6.04 Å². The second-order valence-electron chi connectivity index (χ2n) is 5.82. The van der Waals surface area contributed by atoms with Crippen LogP contribution in [0.1, 0.15) is 69.8 Å². The van der Waals surface area contributed by atoms with Gasteiger partial charge in [-0.25, -0.2) is 0 Å². The molecule has 2 rings (SSSR count). The van der Waals surface area contributed by atoms with Crippen LogP contribution in [0.3, 0.4) is 0 Å². The largest absolute Gasteiger partial charge is 0.373 e. The van der Waals surface area contributed by atoms with Gasteiger partial charge in [0, 0.05) is 7.11 Å². The Bertz CT molecular complexity index is 386. The molecular weight excluding hydrogens is 242 g/mol. The highest BCUT2D eigenvalue weighted by atomic mass is 16.5. The van der Waals surface area contributed by atoms with Crippen molar-refractivity contribution in [3.63, 3.8) is 0 Å². The van der Waals surface area contributed by atoms with Crippen LogP contribution < -0.4 is 5.73 Å². The van der Waals surface area contributed by atoms with Crippen LogP contribution in [0.5, 0.6) is 0 Å². The third kappa shape index (κ3) is 3.34. The number of nitrogens with zero attached hydrogens (tertiary/aromatic N) is 2. The zero-order chi connectivity index (χ0) is 13.8. The van der Waals surface area contributed by atoms with E-state index < -0.39 is 0 Å². The predicted molar refractivity (Wildman–Crippen MR) is 72.4 cm³/mol. The van der Waals surface area contributed by atoms with Gasteiger partial charge in [0.1, 0.15) is 6.10 Å². The molecule has 1 unspecified atom stereocenters. The maximum Gasteiger partial charge on any atom is 0.243 e. The molecular formula is C14H25N3O2. The van der Waals surface area contributed by atoms with Gasteiger partial charge in [-0.1, -0.05) is 38.3 Å². The van der Waals surface area contributed by atoms with Crippen LogP contribution in [0.4, 0.5) is 0 Å². The number of aromatic nitrogens is 2. The lowest BCUT2D eigenvalue weighted by Gasteiger charge is -2.26. The number of hydrogen-bond acceptors (Lipinski definition) is 5. The van der Waals surface area contributed by atoms with Crippen molar-refractivity contribution in [3.05, 3.63) is 11.7 Å². The zero-order valence-electron chi connectivity index (χ0n) is 12.1. The van der Waals surface area contributed by atoms with E-state index >= 15 is 0 Å². The topological polar surface area (TPSA) is 74.2 Å². The Hall–Kier alpha value is -0.940. The van der Waals surface area contributed by atoms with Crippen molar-refractivity contribution >= 4 is 0 Å². The lowest BCUT2D eigenvalue weighted by atomic mass is 9.85. The van der Waals surface area contributed by atoms with Crippen molar-refractivity contribution in [2.24, 2.45) is 17.6 Å². The summed E-state index contributed by atoms with van der Waals surface area (Å²) in [4.78, 5) is 4.45. The average molecular weight is 267 g/mol. The normalized spacial score (nSPS) is 20.7. The van der Waals surface area contributed by atoms with Crippen LogP contribution in [0.2, 0.25) is 0 Å². The molecule has 2 atom stereocenters. The van der Waals surface area contributed by atoms with Gasteiger partial charge in [-0.05, 0) is 24.7 Å². The first kappa shape index (κ1) is 14.5. The summed E-state index contributed by atoms with van der Waals surface area (Å²) in [6.45, 7) is 4.09. The third-order valence-electron chi connectivity index (χ3n) is 4.05. The standard InChI is InChI=1S/C14H25N3O2/c1-9(2)11(15)14-16-13(17-19-14)12(18-3)10-7-5-4-6-8-10/h9-12H,4-8,15H2,1-3H3/t11-,12?/m1/s1. The quantitative estimate of drug-likeness (QED) is 0.887. The summed E-state index contributed by atoms with van der Waals surface area (Å²) >= 11 is 0. The maximum atomic E-state index is 6.03. The van der Waals surface area contributed by atoms with Crippen molar-refractivity contribution in [3.8, 4) is 0 Å². The number of ether oxygens (including phenoxy) is 1. The summed E-state index contributed by atoms with van der Waals surface area (Å²) in [7, 11) is 1.72. The maximum absolute atomic E-state index is 6.03. The van der Waals surface area contributed by atoms with Gasteiger partial charge in [-0.15, -0.1) is 0 Å². The summed E-state index contributed by atoms with van der Waals surface area (Å²) in [6.07, 6.45) is 6.15. The fourth-order valence-electron chi connectivity index (χ4n) is 2.73. The Morgan fingerprint density at radius 2 is 1.95 bits per heavy atom. The molecule has 0 amide bonds. The SMILES string of the molecule is COC(c1noc([C@H](N)C(C)C)n1)C1CCCCC1. The molecule has 19 heavy (non-hydrogen) atoms. The molecule has 5 heteroatoms. The third-order valence-corrected chi connectivity index (χ3v) is 4.05. The summed E-state index contributed by atoms with van der Waals surface area (Å²) in [5.74, 6) is 1.95. The van der Waals surface area contributed by atoms with Gasteiger partial charge < -0.3 is 15.0 Å². The molecule has 0 aliphatic heterocycles. The van der Waals surface area contributed by atoms with Crippen LogP contribution in [0, 0.1) is 11.8 Å². The minimum Gasteiger partial charge on any atom is -0.373 e. The van der Waals surface area contributed by atoms with Crippen molar-refractivity contribution < 1.29 is 9.26 Å². The number of methoxy groups -OCH3 is 1. The van der Waals surface area contributed by atoms with Crippen molar-refractivity contribution in [1.82, 2.24) is 10.1 Å². The minimum atomic E-state index is -0.204. The first-order valence-electron chi connectivity index (χ1n) is 7.25. The highest BCUT2D eigenvalue weighted by Gasteiger charge is 2.30. The van der Waals surface area contributed by atoms with E-state index in [4.69, 9.17) is 15.0 Å². The molecule has 108 valence electrons. The number of hydrogen-bond donors (Lipinski definition) is 1. The lowest BCUT2D eigenvalue weighted by Crippen LogP contribution is -2.20. The second kappa shape index (κ2) is 6.48. The Labute approximate surface area is 114 Å². The van der Waals surface area contributed by atoms with Gasteiger partial charge in [-0.3, -0.25) is 0 Å². The molecule has 1 aliphatic rings. The zero-order valence-corrected chi connectivity index (χ0v) is 12.1. The Morgan fingerprint density at radius 1 is 1.26 bits per heavy atom. The first-order valence-corrected chi connectivity index (χ1v) is 7.25. The van der Waals surface area contributed by atoms with Crippen LogP contribution in [0.15, 0.2) is 4.52 Å². The molecule has 1 aromatic heterocycles. The van der Waals surface area contributed by atoms with E-state index in [0.29, 0.717) is 17.6 Å². The van der Waals surface area contributed by atoms with Gasteiger partial charge in [0.2, 0.25) is 11.7 Å². The lowest BCUT2D eigenvalue weighted by molar-refractivity contribution is 0.0273. The van der Waals surface area contributed by atoms with Gasteiger partial charge >= 0.3 is 0 Å². The van der Waals surface area contributed by atoms with Crippen LogP contribution in [-0.2, 0) is 4.74 Å². The highest BCUT2D eigenvalue weighted by molar-refractivity contribution is 4.98. The Kier molecular flexibility index (Phi) is 4.93. The fourth-order valence-corrected chi connectivity index (χ4v) is 2.73. The van der Waals surface area contributed by atoms with Gasteiger partial charge in [0.25, 0.3) is 0 Å². The van der Waals surface area contributed by atoms with Gasteiger partial charge in [-0.2, -0.15) is 4.98 Å². The van der Waals surface area contributed by atoms with E-state index in [2.05, 4.69) is 10.1 Å². The van der Waals surface area contributed by atoms with E-state index in [1.165, 1.54) is 32.1 Å². The number of rotatable bonds is 5. The Balaban J connectivity index is 2.10. The number of nitrogens with two attached hydrogens (primary N) is 1. The molecule has 0 saturated heterocycles. The van der Waals surface area contributed by atoms with Crippen molar-refractivity contribution in [1.29, 1.82) is 0 Å². The molecule has 5 nitrogen and oxygen atoms in total. The van der Waals surface area contributed by atoms with E-state index in [1.807, 2.05) is 13.8 Å². The van der Waals surface area contributed by atoms with Crippen molar-refractivity contribution in [2.75, 3.05) is 7.11 Å². The first-order chi connectivity index (χ1) is 9.13. The molecule has 0 radical (unpaired) electrons. The van der Waals surface area contributed by atoms with Crippen molar-refractivity contribution in [2.45, 2.75) is 58.1 Å². The molecule has 1 aliphatic carbocycles. The van der Waals surface area contributed by atoms with E-state index in [0.717, 1.165) is 0 Å². The fraction of sp³-hybridized carbons (Fsp3) is 0.857. The highest BCUT2D eigenvalue weighted by Crippen LogP contribution is 2.35. The Morgan fingerprint density at radius 3 is 2.53 bits per heavy atom.